The van der Waals surface area contributed by atoms with Crippen LogP contribution >= 0.6 is 11.3 Å². The van der Waals surface area contributed by atoms with Crippen molar-refractivity contribution in [1.82, 2.24) is 4.98 Å². The Morgan fingerprint density at radius 3 is 2.61 bits per heavy atom. The number of phenolic OH excluding ortho intramolecular Hbond substituents is 1. The molecular formula is C27H23N5O3S. The molecule has 36 heavy (non-hydrogen) atoms. The van der Waals surface area contributed by atoms with Crippen LogP contribution in [0.1, 0.15) is 27.2 Å². The van der Waals surface area contributed by atoms with Crippen molar-refractivity contribution in [3.8, 4) is 34.2 Å². The molecule has 2 aromatic carbocycles. The first kappa shape index (κ1) is 24.6. The van der Waals surface area contributed by atoms with Crippen LogP contribution in [0.5, 0.6) is 5.75 Å². The van der Waals surface area contributed by atoms with Crippen LogP contribution in [0.3, 0.4) is 0 Å². The van der Waals surface area contributed by atoms with Crippen molar-refractivity contribution in [2.75, 3.05) is 17.2 Å². The monoisotopic (exact) mass is 497 g/mol. The van der Waals surface area contributed by atoms with E-state index in [2.05, 4.69) is 21.7 Å². The smallest absolute Gasteiger partial charge is 0.266 e. The van der Waals surface area contributed by atoms with E-state index in [1.54, 1.807) is 60.0 Å². The fourth-order valence-corrected chi connectivity index (χ4v) is 4.29. The summed E-state index contributed by atoms with van der Waals surface area (Å²) in [5.74, 6) is -0.524. The van der Waals surface area contributed by atoms with Crippen LogP contribution in [-0.2, 0) is 4.79 Å². The van der Waals surface area contributed by atoms with Crippen molar-refractivity contribution < 1.29 is 14.7 Å². The van der Waals surface area contributed by atoms with Gasteiger partial charge in [-0.1, -0.05) is 24.3 Å². The molecule has 0 unspecified atom stereocenters. The van der Waals surface area contributed by atoms with Gasteiger partial charge in [-0.05, 0) is 59.8 Å². The van der Waals surface area contributed by atoms with Gasteiger partial charge in [0.15, 0.2) is 5.82 Å². The maximum Gasteiger partial charge on any atom is 0.266 e. The number of benzene rings is 2. The highest BCUT2D eigenvalue weighted by atomic mass is 32.1. The Balaban J connectivity index is 1.86. The molecule has 4 aromatic rings. The number of hydrogen-bond donors (Lipinski definition) is 4. The molecule has 9 heteroatoms. The maximum atomic E-state index is 12.8. The van der Waals surface area contributed by atoms with Crippen molar-refractivity contribution in [3.05, 3.63) is 82.0 Å². The predicted octanol–water partition coefficient (Wildman–Crippen LogP) is 4.90. The van der Waals surface area contributed by atoms with E-state index in [4.69, 9.17) is 5.73 Å². The summed E-state index contributed by atoms with van der Waals surface area (Å²) in [7, 11) is 0. The number of hydrogen-bond acceptors (Lipinski definition) is 7. The van der Waals surface area contributed by atoms with Gasteiger partial charge in [0.05, 0.1) is 10.6 Å². The Morgan fingerprint density at radius 1 is 1.08 bits per heavy atom. The summed E-state index contributed by atoms with van der Waals surface area (Å²) in [4.78, 5) is 29.9. The number of carbonyl (C=O) groups excluding carboxylic acids is 2. The molecule has 0 fully saturated rings. The number of carbonyl (C=O) groups is 2. The number of aromatic hydroxyl groups is 1. The van der Waals surface area contributed by atoms with Gasteiger partial charge in [-0.2, -0.15) is 5.26 Å². The van der Waals surface area contributed by atoms with E-state index >= 15 is 0 Å². The second-order valence-corrected chi connectivity index (χ2v) is 8.96. The van der Waals surface area contributed by atoms with E-state index in [1.165, 1.54) is 11.3 Å². The van der Waals surface area contributed by atoms with Crippen LogP contribution in [0.4, 0.5) is 11.5 Å². The van der Waals surface area contributed by atoms with Crippen LogP contribution in [0.25, 0.3) is 22.4 Å². The number of nitrogens with zero attached hydrogens (tertiary/aromatic N) is 2. The van der Waals surface area contributed by atoms with Crippen LogP contribution in [0.15, 0.2) is 66.0 Å². The largest absolute Gasteiger partial charge is 0.507 e. The number of thiophene rings is 1. The number of anilines is 2. The zero-order chi connectivity index (χ0) is 25.7. The van der Waals surface area contributed by atoms with Crippen LogP contribution in [0.2, 0.25) is 0 Å². The van der Waals surface area contributed by atoms with E-state index in [9.17, 15) is 20.0 Å². The molecule has 5 N–H and O–H groups in total. The number of nitriles is 1. The minimum Gasteiger partial charge on any atom is -0.507 e. The Kier molecular flexibility index (Phi) is 7.39. The third-order valence-corrected chi connectivity index (χ3v) is 6.23. The lowest BCUT2D eigenvalue weighted by atomic mass is 9.97. The molecule has 0 saturated carbocycles. The molecule has 0 radical (unpaired) electrons. The molecular weight excluding hydrogens is 474 g/mol. The van der Waals surface area contributed by atoms with Gasteiger partial charge < -0.3 is 21.5 Å². The highest BCUT2D eigenvalue weighted by Gasteiger charge is 2.20. The summed E-state index contributed by atoms with van der Waals surface area (Å²) < 4.78 is 0. The number of nitrogens with one attached hydrogen (secondary N) is 2. The number of amides is 2. The Hall–Kier alpha value is -4.52. The topological polar surface area (TPSA) is 141 Å². The standard InChI is InChI=1S/C27H23N5O3S/c1-16-7-8-19(23(33)12-16)22-14-20(17-4-2-5-18(13-17)30-25(34)9-10-28)21(15-29)26(31-22)32-27(35)24-6-3-11-36-24/h2-8,11-14,33H,9-10,28H2,1H3,(H,30,34)(H,31,32,35). The van der Waals surface area contributed by atoms with Gasteiger partial charge in [-0.25, -0.2) is 4.98 Å². The molecule has 2 aromatic heterocycles. The second kappa shape index (κ2) is 10.8. The van der Waals surface area contributed by atoms with Gasteiger partial charge in [-0.15, -0.1) is 11.3 Å². The van der Waals surface area contributed by atoms with E-state index in [0.29, 0.717) is 32.9 Å². The summed E-state index contributed by atoms with van der Waals surface area (Å²) in [6, 6.07) is 19.5. The highest BCUT2D eigenvalue weighted by molar-refractivity contribution is 7.12. The quantitative estimate of drug-likeness (QED) is 0.286. The molecule has 0 bridgehead atoms. The molecule has 8 nitrogen and oxygen atoms in total. The first-order valence-electron chi connectivity index (χ1n) is 11.1. The Bertz CT molecular complexity index is 1480. The van der Waals surface area contributed by atoms with Crippen molar-refractivity contribution >= 4 is 34.7 Å². The van der Waals surface area contributed by atoms with Gasteiger partial charge in [0.1, 0.15) is 17.4 Å². The van der Waals surface area contributed by atoms with Gasteiger partial charge >= 0.3 is 0 Å². The lowest BCUT2D eigenvalue weighted by Crippen LogP contribution is -2.16. The zero-order valence-electron chi connectivity index (χ0n) is 19.4. The lowest BCUT2D eigenvalue weighted by molar-refractivity contribution is -0.116. The van der Waals surface area contributed by atoms with E-state index in [0.717, 1.165) is 5.56 Å². The normalized spacial score (nSPS) is 10.5. The minimum absolute atomic E-state index is 0.0245. The average Bonchev–Trinajstić information content (AvgIpc) is 3.39. The predicted molar refractivity (Wildman–Crippen MR) is 141 cm³/mol. The van der Waals surface area contributed by atoms with E-state index in [1.807, 2.05) is 13.0 Å². The van der Waals surface area contributed by atoms with Gasteiger partial charge in [0.25, 0.3) is 5.91 Å². The van der Waals surface area contributed by atoms with Crippen molar-refractivity contribution in [2.24, 2.45) is 5.73 Å². The molecule has 2 amide bonds. The third-order valence-electron chi connectivity index (χ3n) is 5.37. The van der Waals surface area contributed by atoms with Crippen LogP contribution in [-0.4, -0.2) is 28.4 Å². The number of pyridine rings is 1. The molecule has 180 valence electrons. The Labute approximate surface area is 212 Å². The van der Waals surface area contributed by atoms with Crippen LogP contribution in [0, 0.1) is 18.3 Å². The maximum absolute atomic E-state index is 12.8. The summed E-state index contributed by atoms with van der Waals surface area (Å²) >= 11 is 1.27. The minimum atomic E-state index is -0.395. The van der Waals surface area contributed by atoms with Crippen LogP contribution < -0.4 is 16.4 Å². The number of rotatable bonds is 7. The summed E-state index contributed by atoms with van der Waals surface area (Å²) in [6.45, 7) is 2.09. The fraction of sp³-hybridized carbons (Fsp3) is 0.111. The molecule has 0 aliphatic heterocycles. The van der Waals surface area contributed by atoms with Gasteiger partial charge in [0.2, 0.25) is 5.91 Å². The number of nitrogens with two attached hydrogens (primary N) is 1. The summed E-state index contributed by atoms with van der Waals surface area (Å²) in [5.41, 5.74) is 8.97. The summed E-state index contributed by atoms with van der Waals surface area (Å²) in [5, 5.41) is 28.0. The lowest BCUT2D eigenvalue weighted by Gasteiger charge is -2.15. The molecule has 0 atom stereocenters. The molecule has 0 spiro atoms. The Morgan fingerprint density at radius 2 is 1.92 bits per heavy atom. The third kappa shape index (κ3) is 5.41. The zero-order valence-corrected chi connectivity index (χ0v) is 20.2. The fourth-order valence-electron chi connectivity index (χ4n) is 3.67. The van der Waals surface area contributed by atoms with E-state index in [-0.39, 0.29) is 36.0 Å². The van der Waals surface area contributed by atoms with Crippen molar-refractivity contribution in [3.63, 3.8) is 0 Å². The molecule has 0 saturated heterocycles. The number of aromatic nitrogens is 1. The molecule has 0 aliphatic rings. The molecule has 4 rings (SSSR count). The average molecular weight is 498 g/mol. The van der Waals surface area contributed by atoms with Crippen molar-refractivity contribution in [1.29, 1.82) is 5.26 Å². The first-order valence-corrected chi connectivity index (χ1v) is 12.0. The van der Waals surface area contributed by atoms with Crippen molar-refractivity contribution in [2.45, 2.75) is 13.3 Å². The first-order chi connectivity index (χ1) is 17.4. The highest BCUT2D eigenvalue weighted by Crippen LogP contribution is 2.36. The number of aryl methyl sites for hydroxylation is 1. The van der Waals surface area contributed by atoms with Gasteiger partial charge in [-0.3, -0.25) is 9.59 Å². The SMILES string of the molecule is Cc1ccc(-c2cc(-c3cccc(NC(=O)CCN)c3)c(C#N)c(NC(=O)c3cccs3)n2)c(O)c1. The van der Waals surface area contributed by atoms with Gasteiger partial charge in [0, 0.05) is 29.8 Å². The molecule has 2 heterocycles. The molecule has 0 aliphatic carbocycles. The second-order valence-electron chi connectivity index (χ2n) is 8.01. The summed E-state index contributed by atoms with van der Waals surface area (Å²) in [6.07, 6.45) is 0.179. The number of phenols is 1. The van der Waals surface area contributed by atoms with E-state index < -0.39 is 5.91 Å².